The van der Waals surface area contributed by atoms with E-state index in [-0.39, 0.29) is 23.9 Å². The van der Waals surface area contributed by atoms with E-state index < -0.39 is 18.0 Å². The standard InChI is InChI=1S/C12H18N2O5/c1-4-7(2)9(15)6-13-11(16)8-5-10(19-14-8)12(17)18-3/h5,7,9,15H,4,6H2,1-3H3,(H,13,16)/t7-,9-/m0/s1. The van der Waals surface area contributed by atoms with Gasteiger partial charge in [0.1, 0.15) is 0 Å². The molecule has 1 rings (SSSR count). The van der Waals surface area contributed by atoms with Crippen molar-refractivity contribution in [2.24, 2.45) is 5.92 Å². The first kappa shape index (κ1) is 15.2. The van der Waals surface area contributed by atoms with Crippen molar-refractivity contribution in [3.63, 3.8) is 0 Å². The summed E-state index contributed by atoms with van der Waals surface area (Å²) < 4.78 is 9.10. The van der Waals surface area contributed by atoms with E-state index in [0.29, 0.717) is 0 Å². The maximum absolute atomic E-state index is 11.7. The van der Waals surface area contributed by atoms with Crippen LogP contribution >= 0.6 is 0 Å². The van der Waals surface area contributed by atoms with E-state index in [0.717, 1.165) is 6.42 Å². The molecular weight excluding hydrogens is 252 g/mol. The monoisotopic (exact) mass is 270 g/mol. The number of amides is 1. The number of carbonyl (C=O) groups excluding carboxylic acids is 2. The summed E-state index contributed by atoms with van der Waals surface area (Å²) in [5.41, 5.74) is -0.0308. The van der Waals surface area contributed by atoms with E-state index in [1.807, 2.05) is 13.8 Å². The maximum Gasteiger partial charge on any atom is 0.376 e. The minimum absolute atomic E-state index is 0.0308. The van der Waals surface area contributed by atoms with Crippen LogP contribution < -0.4 is 5.32 Å². The molecule has 0 aliphatic rings. The van der Waals surface area contributed by atoms with Gasteiger partial charge in [0.2, 0.25) is 5.76 Å². The summed E-state index contributed by atoms with van der Waals surface area (Å²) in [6.07, 6.45) is 0.189. The zero-order valence-corrected chi connectivity index (χ0v) is 11.2. The van der Waals surface area contributed by atoms with E-state index in [2.05, 4.69) is 19.7 Å². The molecule has 0 unspecified atom stereocenters. The molecule has 0 bridgehead atoms. The highest BCUT2D eigenvalue weighted by Crippen LogP contribution is 2.07. The fourth-order valence-corrected chi connectivity index (χ4v) is 1.34. The van der Waals surface area contributed by atoms with Crippen LogP contribution in [0, 0.1) is 5.92 Å². The third kappa shape index (κ3) is 4.06. The lowest BCUT2D eigenvalue weighted by molar-refractivity contribution is 0.0554. The van der Waals surface area contributed by atoms with Gasteiger partial charge < -0.3 is 19.7 Å². The van der Waals surface area contributed by atoms with Crippen LogP contribution in [0.3, 0.4) is 0 Å². The van der Waals surface area contributed by atoms with Crippen molar-refractivity contribution in [3.05, 3.63) is 17.5 Å². The molecule has 1 amide bonds. The zero-order valence-electron chi connectivity index (χ0n) is 11.2. The van der Waals surface area contributed by atoms with Crippen molar-refractivity contribution >= 4 is 11.9 Å². The largest absolute Gasteiger partial charge is 0.463 e. The number of rotatable bonds is 6. The highest BCUT2D eigenvalue weighted by molar-refractivity contribution is 5.95. The van der Waals surface area contributed by atoms with Crippen molar-refractivity contribution in [3.8, 4) is 0 Å². The number of methoxy groups -OCH3 is 1. The molecule has 0 spiro atoms. The number of ether oxygens (including phenoxy) is 1. The highest BCUT2D eigenvalue weighted by atomic mass is 16.5. The van der Waals surface area contributed by atoms with E-state index in [4.69, 9.17) is 0 Å². The van der Waals surface area contributed by atoms with Crippen molar-refractivity contribution in [1.29, 1.82) is 0 Å². The molecular formula is C12H18N2O5. The van der Waals surface area contributed by atoms with Gasteiger partial charge in [-0.15, -0.1) is 0 Å². The lowest BCUT2D eigenvalue weighted by Gasteiger charge is -2.16. The second-order valence-corrected chi connectivity index (χ2v) is 4.23. The van der Waals surface area contributed by atoms with E-state index >= 15 is 0 Å². The number of esters is 1. The van der Waals surface area contributed by atoms with Crippen molar-refractivity contribution < 1.29 is 24.0 Å². The average Bonchev–Trinajstić information content (AvgIpc) is 2.92. The van der Waals surface area contributed by atoms with Gasteiger partial charge in [-0.2, -0.15) is 0 Å². The van der Waals surface area contributed by atoms with Gasteiger partial charge >= 0.3 is 5.97 Å². The summed E-state index contributed by atoms with van der Waals surface area (Å²) in [5, 5.41) is 15.7. The molecule has 19 heavy (non-hydrogen) atoms. The Morgan fingerprint density at radius 1 is 1.58 bits per heavy atom. The zero-order chi connectivity index (χ0) is 14.4. The normalized spacial score (nSPS) is 13.7. The van der Waals surface area contributed by atoms with Gasteiger partial charge in [0.05, 0.1) is 13.2 Å². The molecule has 0 radical (unpaired) electrons. The molecule has 0 saturated heterocycles. The number of aromatic nitrogens is 1. The first-order chi connectivity index (χ1) is 8.99. The molecule has 1 aromatic rings. The molecule has 0 aliphatic heterocycles. The predicted octanol–water partition coefficient (Wildman–Crippen LogP) is 0.598. The Kier molecular flexibility index (Phi) is 5.50. The van der Waals surface area contributed by atoms with Crippen molar-refractivity contribution in [2.45, 2.75) is 26.4 Å². The molecule has 106 valence electrons. The second-order valence-electron chi connectivity index (χ2n) is 4.23. The number of aliphatic hydroxyl groups excluding tert-OH is 1. The number of carbonyl (C=O) groups is 2. The third-order valence-corrected chi connectivity index (χ3v) is 2.90. The van der Waals surface area contributed by atoms with Gasteiger partial charge in [-0.3, -0.25) is 4.79 Å². The van der Waals surface area contributed by atoms with Crippen LogP contribution in [-0.4, -0.2) is 41.9 Å². The lowest BCUT2D eigenvalue weighted by atomic mass is 10.0. The number of hydrogen-bond donors (Lipinski definition) is 2. The lowest BCUT2D eigenvalue weighted by Crippen LogP contribution is -2.35. The number of hydrogen-bond acceptors (Lipinski definition) is 6. The second kappa shape index (κ2) is 6.89. The summed E-state index contributed by atoms with van der Waals surface area (Å²) >= 11 is 0. The maximum atomic E-state index is 11.7. The molecule has 0 saturated carbocycles. The highest BCUT2D eigenvalue weighted by Gasteiger charge is 2.19. The SMILES string of the molecule is CC[C@H](C)[C@@H](O)CNC(=O)c1cc(C(=O)OC)on1. The molecule has 1 aromatic heterocycles. The van der Waals surface area contributed by atoms with Gasteiger partial charge in [-0.25, -0.2) is 4.79 Å². The van der Waals surface area contributed by atoms with Crippen LogP contribution in [0.15, 0.2) is 10.6 Å². The average molecular weight is 270 g/mol. The minimum atomic E-state index is -0.703. The summed E-state index contributed by atoms with van der Waals surface area (Å²) in [4.78, 5) is 22.8. The molecule has 1 heterocycles. The van der Waals surface area contributed by atoms with Gasteiger partial charge in [0.25, 0.3) is 5.91 Å². The Balaban J connectivity index is 2.54. The molecule has 0 fully saturated rings. The Morgan fingerprint density at radius 3 is 2.84 bits per heavy atom. The van der Waals surface area contributed by atoms with Gasteiger partial charge in [0, 0.05) is 12.6 Å². The first-order valence-electron chi connectivity index (χ1n) is 6.00. The molecule has 7 heteroatoms. The quantitative estimate of drug-likeness (QED) is 0.734. The number of aliphatic hydroxyl groups is 1. The van der Waals surface area contributed by atoms with Crippen molar-refractivity contribution in [1.82, 2.24) is 10.5 Å². The van der Waals surface area contributed by atoms with Crippen LogP contribution in [0.1, 0.15) is 41.3 Å². The minimum Gasteiger partial charge on any atom is -0.463 e. The molecule has 2 N–H and O–H groups in total. The number of nitrogens with one attached hydrogen (secondary N) is 1. The number of nitrogens with zero attached hydrogens (tertiary/aromatic N) is 1. The fraction of sp³-hybridized carbons (Fsp3) is 0.583. The molecule has 0 aliphatic carbocycles. The Bertz CT molecular complexity index is 443. The smallest absolute Gasteiger partial charge is 0.376 e. The van der Waals surface area contributed by atoms with E-state index in [1.54, 1.807) is 0 Å². The molecule has 2 atom stereocenters. The van der Waals surface area contributed by atoms with E-state index in [9.17, 15) is 14.7 Å². The summed E-state index contributed by atoms with van der Waals surface area (Å²) in [6, 6.07) is 1.19. The van der Waals surface area contributed by atoms with E-state index in [1.165, 1.54) is 13.2 Å². The third-order valence-electron chi connectivity index (χ3n) is 2.90. The van der Waals surface area contributed by atoms with Crippen LogP contribution in [0.4, 0.5) is 0 Å². The Labute approximate surface area is 110 Å². The summed E-state index contributed by atoms with van der Waals surface area (Å²) in [7, 11) is 1.20. The molecule has 7 nitrogen and oxygen atoms in total. The fourth-order valence-electron chi connectivity index (χ4n) is 1.34. The Hall–Kier alpha value is -1.89. The Morgan fingerprint density at radius 2 is 2.26 bits per heavy atom. The molecule has 0 aromatic carbocycles. The first-order valence-corrected chi connectivity index (χ1v) is 6.00. The van der Waals surface area contributed by atoms with Crippen LogP contribution in [-0.2, 0) is 4.74 Å². The summed E-state index contributed by atoms with van der Waals surface area (Å²) in [5.74, 6) is -1.27. The van der Waals surface area contributed by atoms with Crippen LogP contribution in [0.5, 0.6) is 0 Å². The van der Waals surface area contributed by atoms with Crippen LogP contribution in [0.25, 0.3) is 0 Å². The predicted molar refractivity (Wildman–Crippen MR) is 65.6 cm³/mol. The van der Waals surface area contributed by atoms with Gasteiger partial charge in [-0.1, -0.05) is 25.4 Å². The van der Waals surface area contributed by atoms with Crippen LogP contribution in [0.2, 0.25) is 0 Å². The topological polar surface area (TPSA) is 102 Å². The van der Waals surface area contributed by atoms with Gasteiger partial charge in [0.15, 0.2) is 5.69 Å². The summed E-state index contributed by atoms with van der Waals surface area (Å²) in [6.45, 7) is 3.96. The van der Waals surface area contributed by atoms with Crippen molar-refractivity contribution in [2.75, 3.05) is 13.7 Å². The van der Waals surface area contributed by atoms with Gasteiger partial charge in [-0.05, 0) is 5.92 Å².